The van der Waals surface area contributed by atoms with Gasteiger partial charge in [0.1, 0.15) is 19.3 Å². The summed E-state index contributed by atoms with van der Waals surface area (Å²) in [6.45, 7) is 9.46. The van der Waals surface area contributed by atoms with E-state index in [2.05, 4.69) is 65.8 Å². The van der Waals surface area contributed by atoms with Crippen molar-refractivity contribution in [2.75, 3.05) is 39.6 Å². The molecule has 3 N–H and O–H groups in total. The number of ether oxygens (including phenoxy) is 4. The van der Waals surface area contributed by atoms with Crippen LogP contribution in [0, 0.1) is 11.8 Å². The highest BCUT2D eigenvalue weighted by molar-refractivity contribution is 7.47. The first kappa shape index (κ1) is 90.5. The third-order valence-corrected chi connectivity index (χ3v) is 18.5. The van der Waals surface area contributed by atoms with Gasteiger partial charge in [-0.2, -0.15) is 0 Å². The zero-order valence-corrected chi connectivity index (χ0v) is 61.8. The number of hydrogen-bond donors (Lipinski definition) is 3. The van der Waals surface area contributed by atoms with E-state index >= 15 is 0 Å². The lowest BCUT2D eigenvalue weighted by Crippen LogP contribution is -2.30. The predicted molar refractivity (Wildman–Crippen MR) is 377 cm³/mol. The topological polar surface area (TPSA) is 237 Å². The Morgan fingerprint density at radius 3 is 0.882 bits per heavy atom. The fraction of sp³-hybridized carbons (Fsp3) is 0.892. The Labute approximate surface area is 567 Å². The van der Waals surface area contributed by atoms with Crippen molar-refractivity contribution in [3.8, 4) is 0 Å². The first-order chi connectivity index (χ1) is 44.9. The molecule has 0 bridgehead atoms. The van der Waals surface area contributed by atoms with E-state index in [0.717, 1.165) is 127 Å². The number of allylic oxidation sites excluding steroid dienone is 4. The first-order valence-corrected chi connectivity index (χ1v) is 40.8. The highest BCUT2D eigenvalue weighted by atomic mass is 31.2. The maximum absolute atomic E-state index is 13.0. The van der Waals surface area contributed by atoms with Gasteiger partial charge in [-0.15, -0.1) is 0 Å². The average molecular weight is 1360 g/mol. The van der Waals surface area contributed by atoms with Gasteiger partial charge in [0.15, 0.2) is 12.2 Å². The second kappa shape index (κ2) is 65.5. The van der Waals surface area contributed by atoms with Gasteiger partial charge in [-0.1, -0.05) is 303 Å². The maximum Gasteiger partial charge on any atom is 0.472 e. The van der Waals surface area contributed by atoms with Crippen molar-refractivity contribution in [3.05, 3.63) is 24.3 Å². The quantitative estimate of drug-likeness (QED) is 0.0169. The Balaban J connectivity index is 5.18. The third-order valence-electron chi connectivity index (χ3n) is 16.6. The lowest BCUT2D eigenvalue weighted by Gasteiger charge is -2.21. The molecular weight excluding hydrogens is 1220 g/mol. The molecule has 548 valence electrons. The molecule has 0 aliphatic carbocycles. The smallest absolute Gasteiger partial charge is 0.462 e. The molecular formula is C74H140O17P2. The molecule has 0 amide bonds. The van der Waals surface area contributed by atoms with Crippen molar-refractivity contribution in [2.45, 2.75) is 374 Å². The molecule has 17 nitrogen and oxygen atoms in total. The van der Waals surface area contributed by atoms with Crippen LogP contribution in [0.3, 0.4) is 0 Å². The molecule has 0 saturated carbocycles. The van der Waals surface area contributed by atoms with Crippen LogP contribution in [0.5, 0.6) is 0 Å². The molecule has 19 heteroatoms. The Morgan fingerprint density at radius 2 is 0.581 bits per heavy atom. The fourth-order valence-electron chi connectivity index (χ4n) is 10.8. The van der Waals surface area contributed by atoms with Crippen LogP contribution in [0.15, 0.2) is 24.3 Å². The summed E-state index contributed by atoms with van der Waals surface area (Å²) < 4.78 is 68.2. The summed E-state index contributed by atoms with van der Waals surface area (Å²) in [5.74, 6) is -0.584. The van der Waals surface area contributed by atoms with Crippen molar-refractivity contribution < 1.29 is 80.2 Å². The number of aliphatic hydroxyl groups excluding tert-OH is 1. The van der Waals surface area contributed by atoms with Crippen LogP contribution in [0.2, 0.25) is 0 Å². The third kappa shape index (κ3) is 67.9. The Hall–Kier alpha value is -2.46. The van der Waals surface area contributed by atoms with Gasteiger partial charge in [0, 0.05) is 25.7 Å². The summed E-state index contributed by atoms with van der Waals surface area (Å²) in [4.78, 5) is 72.4. The van der Waals surface area contributed by atoms with Gasteiger partial charge in [0.2, 0.25) is 0 Å². The van der Waals surface area contributed by atoms with Gasteiger partial charge in [0.05, 0.1) is 26.4 Å². The average Bonchev–Trinajstić information content (AvgIpc) is 1.97. The summed E-state index contributed by atoms with van der Waals surface area (Å²) in [6, 6.07) is 0. The standard InChI is InChI=1S/C74H140O17P2/c1-7-9-11-13-14-15-16-17-19-23-29-34-39-45-51-57-72(77)85-63-70(91-74(79)59-52-46-40-35-30-24-21-18-20-22-27-32-37-43-48-54-66(3)4)65-89-93(82,83)87-61-68(75)60-86-92(80,81)88-64-69(62-84-71(76)56-50-42-12-10-8-2)90-73(78)58-53-47-41-36-31-26-25-28-33-38-44-49-55-67(5)6/h15-17,19,66-70,75H,7-14,18,20-65H2,1-6H3,(H,80,81)(H,82,83)/b16-15-,19-17-/t68-,69+,70+/m0/s1. The monoisotopic (exact) mass is 1360 g/mol. The van der Waals surface area contributed by atoms with Crippen LogP contribution >= 0.6 is 15.6 Å². The van der Waals surface area contributed by atoms with Crippen molar-refractivity contribution in [2.24, 2.45) is 11.8 Å². The van der Waals surface area contributed by atoms with Gasteiger partial charge in [-0.3, -0.25) is 37.3 Å². The van der Waals surface area contributed by atoms with Crippen molar-refractivity contribution in [1.82, 2.24) is 0 Å². The number of unbranched alkanes of at least 4 members (excludes halogenated alkanes) is 38. The predicted octanol–water partition coefficient (Wildman–Crippen LogP) is 21.1. The van der Waals surface area contributed by atoms with Crippen LogP contribution < -0.4 is 0 Å². The fourth-order valence-corrected chi connectivity index (χ4v) is 12.3. The molecule has 0 aliphatic rings. The Bertz CT molecular complexity index is 1900. The van der Waals surface area contributed by atoms with E-state index in [1.807, 2.05) is 0 Å². The summed E-state index contributed by atoms with van der Waals surface area (Å²) in [7, 11) is -9.91. The molecule has 0 fully saturated rings. The van der Waals surface area contributed by atoms with Gasteiger partial charge in [0.25, 0.3) is 0 Å². The molecule has 0 heterocycles. The van der Waals surface area contributed by atoms with Crippen molar-refractivity contribution in [3.63, 3.8) is 0 Å². The molecule has 2 unspecified atom stereocenters. The number of hydrogen-bond acceptors (Lipinski definition) is 15. The minimum atomic E-state index is -4.96. The molecule has 0 aromatic carbocycles. The Morgan fingerprint density at radius 1 is 0.333 bits per heavy atom. The van der Waals surface area contributed by atoms with Crippen molar-refractivity contribution in [1.29, 1.82) is 0 Å². The second-order valence-corrected chi connectivity index (χ2v) is 29.9. The number of carbonyl (C=O) groups excluding carboxylic acids is 4. The lowest BCUT2D eigenvalue weighted by atomic mass is 10.0. The highest BCUT2D eigenvalue weighted by Crippen LogP contribution is 2.45. The van der Waals surface area contributed by atoms with Gasteiger partial charge < -0.3 is 33.8 Å². The SMILES string of the molecule is CCCCCC/C=C\C=C/CCCCCCCC(=O)OC[C@H](COP(=O)(O)OC[C@@H](O)COP(=O)(O)OC[C@@H](COC(=O)CCCCCCC)OC(=O)CCCCCCCCCCCCCCC(C)C)OC(=O)CCCCCCCCCCCCCCCCCC(C)C. The molecule has 0 aromatic heterocycles. The molecule has 5 atom stereocenters. The van der Waals surface area contributed by atoms with E-state index in [9.17, 15) is 43.2 Å². The van der Waals surface area contributed by atoms with Crippen LogP contribution in [0.4, 0.5) is 0 Å². The molecule has 0 aliphatic heterocycles. The lowest BCUT2D eigenvalue weighted by molar-refractivity contribution is -0.161. The Kier molecular flexibility index (Phi) is 63.7. The van der Waals surface area contributed by atoms with E-state index < -0.39 is 97.5 Å². The molecule has 0 spiro atoms. The number of carbonyl (C=O) groups is 4. The van der Waals surface area contributed by atoms with Gasteiger partial charge >= 0.3 is 39.5 Å². The zero-order chi connectivity index (χ0) is 68.6. The van der Waals surface area contributed by atoms with Crippen molar-refractivity contribution >= 4 is 39.5 Å². The normalized spacial score (nSPS) is 14.2. The van der Waals surface area contributed by atoms with Crippen LogP contribution in [0.25, 0.3) is 0 Å². The number of phosphoric acid groups is 2. The van der Waals surface area contributed by atoms with E-state index in [-0.39, 0.29) is 25.7 Å². The summed E-state index contributed by atoms with van der Waals surface area (Å²) in [5, 5.41) is 10.6. The van der Waals surface area contributed by atoms with Crippen LogP contribution in [0.1, 0.15) is 356 Å². The van der Waals surface area contributed by atoms with E-state index in [1.54, 1.807) is 0 Å². The van der Waals surface area contributed by atoms with Crippen LogP contribution in [-0.4, -0.2) is 96.7 Å². The first-order valence-electron chi connectivity index (χ1n) is 37.8. The second-order valence-electron chi connectivity index (χ2n) is 27.0. The largest absolute Gasteiger partial charge is 0.472 e. The van der Waals surface area contributed by atoms with E-state index in [4.69, 9.17) is 37.0 Å². The molecule has 0 saturated heterocycles. The van der Waals surface area contributed by atoms with Gasteiger partial charge in [-0.05, 0) is 63.2 Å². The zero-order valence-electron chi connectivity index (χ0n) is 60.0. The number of rotatable bonds is 71. The number of esters is 4. The maximum atomic E-state index is 13.0. The van der Waals surface area contributed by atoms with E-state index in [1.165, 1.54) is 148 Å². The summed E-state index contributed by atoms with van der Waals surface area (Å²) in [6.07, 6.45) is 55.3. The summed E-state index contributed by atoms with van der Waals surface area (Å²) >= 11 is 0. The van der Waals surface area contributed by atoms with E-state index in [0.29, 0.717) is 25.7 Å². The van der Waals surface area contributed by atoms with Gasteiger partial charge in [-0.25, -0.2) is 9.13 Å². The minimum absolute atomic E-state index is 0.101. The molecule has 0 rings (SSSR count). The number of aliphatic hydroxyl groups is 1. The minimum Gasteiger partial charge on any atom is -0.462 e. The molecule has 0 aromatic rings. The highest BCUT2D eigenvalue weighted by Gasteiger charge is 2.30. The van der Waals surface area contributed by atoms with Crippen LogP contribution in [-0.2, 0) is 65.4 Å². The molecule has 93 heavy (non-hydrogen) atoms. The molecule has 0 radical (unpaired) electrons. The summed E-state index contributed by atoms with van der Waals surface area (Å²) in [5.41, 5.74) is 0. The number of phosphoric ester groups is 2.